The number of hydrogen-bond acceptors (Lipinski definition) is 4. The molecule has 2 unspecified atom stereocenters. The van der Waals surface area contributed by atoms with Crippen LogP contribution >= 0.6 is 0 Å². The molecule has 0 spiro atoms. The standard InChI is InChI=1S/C11H17N3O2/c12-4-3-11(15)13-6-10-7-14-5-1-2-9(14)8-16-10/h9-10H,1-3,5-8H2,(H,13,15). The lowest BCUT2D eigenvalue weighted by atomic mass is 10.2. The molecular weight excluding hydrogens is 206 g/mol. The fourth-order valence-corrected chi connectivity index (χ4v) is 2.37. The van der Waals surface area contributed by atoms with Gasteiger partial charge in [-0.15, -0.1) is 0 Å². The molecule has 0 bridgehead atoms. The fourth-order valence-electron chi connectivity index (χ4n) is 2.37. The summed E-state index contributed by atoms with van der Waals surface area (Å²) in [5.74, 6) is -0.213. The Morgan fingerprint density at radius 3 is 3.31 bits per heavy atom. The quantitative estimate of drug-likeness (QED) is 0.724. The molecule has 2 aliphatic heterocycles. The highest BCUT2D eigenvalue weighted by atomic mass is 16.5. The minimum absolute atomic E-state index is 0.0704. The van der Waals surface area contributed by atoms with E-state index in [0.29, 0.717) is 12.6 Å². The molecule has 2 fully saturated rings. The van der Waals surface area contributed by atoms with Gasteiger partial charge in [0.1, 0.15) is 6.42 Å². The molecule has 2 rings (SSSR count). The van der Waals surface area contributed by atoms with Crippen LogP contribution in [0.15, 0.2) is 0 Å². The van der Waals surface area contributed by atoms with Crippen LogP contribution in [0.2, 0.25) is 0 Å². The Balaban J connectivity index is 1.71. The Labute approximate surface area is 95.4 Å². The van der Waals surface area contributed by atoms with Crippen molar-refractivity contribution in [2.24, 2.45) is 0 Å². The molecule has 5 heteroatoms. The average molecular weight is 223 g/mol. The predicted molar refractivity (Wildman–Crippen MR) is 57.6 cm³/mol. The summed E-state index contributed by atoms with van der Waals surface area (Å²) in [7, 11) is 0. The van der Waals surface area contributed by atoms with Gasteiger partial charge in [-0.3, -0.25) is 9.69 Å². The average Bonchev–Trinajstić information content (AvgIpc) is 2.74. The molecule has 5 nitrogen and oxygen atoms in total. The maximum absolute atomic E-state index is 11.1. The number of fused-ring (bicyclic) bond motifs is 1. The summed E-state index contributed by atoms with van der Waals surface area (Å²) >= 11 is 0. The summed E-state index contributed by atoms with van der Waals surface area (Å²) in [5, 5.41) is 11.1. The van der Waals surface area contributed by atoms with E-state index in [1.54, 1.807) is 0 Å². The van der Waals surface area contributed by atoms with Crippen LogP contribution in [0.4, 0.5) is 0 Å². The minimum Gasteiger partial charge on any atom is -0.373 e. The van der Waals surface area contributed by atoms with Crippen LogP contribution in [0.1, 0.15) is 19.3 Å². The summed E-state index contributed by atoms with van der Waals surface area (Å²) in [6.07, 6.45) is 2.49. The number of nitriles is 1. The van der Waals surface area contributed by atoms with Gasteiger partial charge in [0.05, 0.1) is 18.8 Å². The van der Waals surface area contributed by atoms with E-state index in [1.165, 1.54) is 12.8 Å². The molecule has 1 amide bonds. The van der Waals surface area contributed by atoms with E-state index in [4.69, 9.17) is 10.00 Å². The van der Waals surface area contributed by atoms with Gasteiger partial charge in [0.2, 0.25) is 5.91 Å². The molecule has 2 heterocycles. The van der Waals surface area contributed by atoms with Crippen molar-refractivity contribution in [2.45, 2.75) is 31.4 Å². The van der Waals surface area contributed by atoms with Crippen molar-refractivity contribution in [1.29, 1.82) is 5.26 Å². The van der Waals surface area contributed by atoms with Crippen LogP contribution in [-0.4, -0.2) is 49.2 Å². The molecule has 0 aliphatic carbocycles. The Bertz CT molecular complexity index is 300. The van der Waals surface area contributed by atoms with Gasteiger partial charge in [-0.2, -0.15) is 5.26 Å². The van der Waals surface area contributed by atoms with Crippen molar-refractivity contribution in [3.05, 3.63) is 0 Å². The third kappa shape index (κ3) is 2.71. The number of amides is 1. The first kappa shape index (κ1) is 11.4. The number of nitrogens with zero attached hydrogens (tertiary/aromatic N) is 2. The maximum Gasteiger partial charge on any atom is 0.234 e. The van der Waals surface area contributed by atoms with Crippen molar-refractivity contribution in [2.75, 3.05) is 26.2 Å². The third-order valence-corrected chi connectivity index (χ3v) is 3.23. The smallest absolute Gasteiger partial charge is 0.234 e. The molecule has 0 radical (unpaired) electrons. The maximum atomic E-state index is 11.1. The monoisotopic (exact) mass is 223 g/mol. The minimum atomic E-state index is -0.213. The van der Waals surface area contributed by atoms with Gasteiger partial charge in [-0.25, -0.2) is 0 Å². The lowest BCUT2D eigenvalue weighted by molar-refractivity contribution is -0.121. The Morgan fingerprint density at radius 1 is 1.62 bits per heavy atom. The Hall–Kier alpha value is -1.12. The first-order valence-electron chi connectivity index (χ1n) is 5.79. The summed E-state index contributed by atoms with van der Waals surface area (Å²) in [5.41, 5.74) is 0. The summed E-state index contributed by atoms with van der Waals surface area (Å²) < 4.78 is 5.68. The molecule has 1 N–H and O–H groups in total. The predicted octanol–water partition coefficient (Wildman–Crippen LogP) is -0.121. The number of hydrogen-bond donors (Lipinski definition) is 1. The van der Waals surface area contributed by atoms with Crippen molar-refractivity contribution >= 4 is 5.91 Å². The molecule has 88 valence electrons. The lowest BCUT2D eigenvalue weighted by Crippen LogP contribution is -2.50. The van der Waals surface area contributed by atoms with Crippen LogP contribution < -0.4 is 5.32 Å². The highest BCUT2D eigenvalue weighted by molar-refractivity contribution is 5.77. The largest absolute Gasteiger partial charge is 0.373 e. The van der Waals surface area contributed by atoms with Crippen molar-refractivity contribution < 1.29 is 9.53 Å². The molecule has 0 aromatic rings. The topological polar surface area (TPSA) is 65.4 Å². The molecular formula is C11H17N3O2. The third-order valence-electron chi connectivity index (χ3n) is 3.23. The number of morpholine rings is 1. The van der Waals surface area contributed by atoms with E-state index in [2.05, 4.69) is 10.2 Å². The molecule has 2 saturated heterocycles. The van der Waals surface area contributed by atoms with E-state index in [9.17, 15) is 4.79 Å². The Morgan fingerprint density at radius 2 is 2.50 bits per heavy atom. The SMILES string of the molecule is N#CCC(=O)NCC1CN2CCCC2CO1. The molecule has 0 saturated carbocycles. The zero-order valence-corrected chi connectivity index (χ0v) is 9.32. The molecule has 2 atom stereocenters. The van der Waals surface area contributed by atoms with Crippen LogP contribution in [0.5, 0.6) is 0 Å². The molecule has 0 aromatic heterocycles. The number of rotatable bonds is 3. The van der Waals surface area contributed by atoms with Gasteiger partial charge in [0, 0.05) is 19.1 Å². The van der Waals surface area contributed by atoms with Gasteiger partial charge >= 0.3 is 0 Å². The highest BCUT2D eigenvalue weighted by Crippen LogP contribution is 2.22. The summed E-state index contributed by atoms with van der Waals surface area (Å²) in [6, 6.07) is 2.42. The summed E-state index contributed by atoms with van der Waals surface area (Å²) in [6.45, 7) is 3.34. The molecule has 0 aromatic carbocycles. The van der Waals surface area contributed by atoms with Crippen LogP contribution in [0.25, 0.3) is 0 Å². The summed E-state index contributed by atoms with van der Waals surface area (Å²) in [4.78, 5) is 13.5. The van der Waals surface area contributed by atoms with Gasteiger partial charge < -0.3 is 10.1 Å². The van der Waals surface area contributed by atoms with E-state index in [-0.39, 0.29) is 18.4 Å². The zero-order chi connectivity index (χ0) is 11.4. The zero-order valence-electron chi connectivity index (χ0n) is 9.32. The van der Waals surface area contributed by atoms with E-state index in [0.717, 1.165) is 19.7 Å². The first-order valence-corrected chi connectivity index (χ1v) is 5.79. The number of nitrogens with one attached hydrogen (secondary N) is 1. The molecule has 16 heavy (non-hydrogen) atoms. The second kappa shape index (κ2) is 5.28. The number of carbonyl (C=O) groups is 1. The van der Waals surface area contributed by atoms with E-state index >= 15 is 0 Å². The normalized spacial score (nSPS) is 29.4. The van der Waals surface area contributed by atoms with Gasteiger partial charge in [-0.05, 0) is 19.4 Å². The first-order chi connectivity index (χ1) is 7.79. The highest BCUT2D eigenvalue weighted by Gasteiger charge is 2.32. The van der Waals surface area contributed by atoms with Crippen molar-refractivity contribution in [3.63, 3.8) is 0 Å². The van der Waals surface area contributed by atoms with Gasteiger partial charge in [-0.1, -0.05) is 0 Å². The van der Waals surface area contributed by atoms with Crippen molar-refractivity contribution in [3.8, 4) is 6.07 Å². The van der Waals surface area contributed by atoms with Crippen LogP contribution in [0.3, 0.4) is 0 Å². The van der Waals surface area contributed by atoms with Gasteiger partial charge in [0.25, 0.3) is 0 Å². The second-order valence-electron chi connectivity index (χ2n) is 4.39. The van der Waals surface area contributed by atoms with Gasteiger partial charge in [0.15, 0.2) is 0 Å². The fraction of sp³-hybridized carbons (Fsp3) is 0.818. The van der Waals surface area contributed by atoms with E-state index in [1.807, 2.05) is 6.07 Å². The second-order valence-corrected chi connectivity index (χ2v) is 4.39. The van der Waals surface area contributed by atoms with E-state index < -0.39 is 0 Å². The number of ether oxygens (including phenoxy) is 1. The van der Waals surface area contributed by atoms with Crippen LogP contribution in [0, 0.1) is 11.3 Å². The van der Waals surface area contributed by atoms with Crippen LogP contribution in [-0.2, 0) is 9.53 Å². The number of carbonyl (C=O) groups excluding carboxylic acids is 1. The Kier molecular flexibility index (Phi) is 3.75. The lowest BCUT2D eigenvalue weighted by Gasteiger charge is -2.35. The molecule has 2 aliphatic rings. The van der Waals surface area contributed by atoms with Crippen molar-refractivity contribution in [1.82, 2.24) is 10.2 Å².